The first kappa shape index (κ1) is 17.6. The minimum atomic E-state index is -4.75. The molecule has 0 amide bonds. The number of benzene rings is 1. The van der Waals surface area contributed by atoms with Crippen LogP contribution >= 0.6 is 0 Å². The van der Waals surface area contributed by atoms with E-state index >= 15 is 0 Å². The SMILES string of the molecule is C[C@@H]1[C@H]2[C@@H]3C[C@H]([C@H]2S(=O)(=O)N1c1ccc(C#N)c(C(F)(F)F)c1)[C@@H](O)C3. The second kappa shape index (κ2) is 5.36. The van der Waals surface area contributed by atoms with E-state index in [-0.39, 0.29) is 23.4 Å². The van der Waals surface area contributed by atoms with Gasteiger partial charge in [0.05, 0.1) is 34.2 Å². The molecular weight excluding hydrogens is 369 g/mol. The number of halogens is 3. The average Bonchev–Trinajstić information content (AvgIpc) is 3.16. The van der Waals surface area contributed by atoms with Crippen molar-refractivity contribution in [3.05, 3.63) is 29.3 Å². The number of aliphatic hydroxyl groups is 1. The van der Waals surface area contributed by atoms with Gasteiger partial charge in [-0.1, -0.05) is 0 Å². The van der Waals surface area contributed by atoms with Crippen molar-refractivity contribution < 1.29 is 26.7 Å². The van der Waals surface area contributed by atoms with Crippen LogP contribution < -0.4 is 4.31 Å². The Bertz CT molecular complexity index is 909. The van der Waals surface area contributed by atoms with Gasteiger partial charge in [0.1, 0.15) is 0 Å². The molecule has 3 fully saturated rings. The maximum atomic E-state index is 13.3. The maximum absolute atomic E-state index is 13.3. The molecule has 2 aliphatic carbocycles. The molecule has 1 aliphatic heterocycles. The van der Waals surface area contributed by atoms with Gasteiger partial charge < -0.3 is 5.11 Å². The second-order valence-electron chi connectivity index (χ2n) is 7.43. The summed E-state index contributed by atoms with van der Waals surface area (Å²) in [5, 5.41) is 18.3. The number of nitrogens with zero attached hydrogens (tertiary/aromatic N) is 2. The molecule has 1 heterocycles. The molecule has 1 N–H and O–H groups in total. The van der Waals surface area contributed by atoms with Gasteiger partial charge in [0.2, 0.25) is 10.0 Å². The van der Waals surface area contributed by atoms with Crippen LogP contribution in [-0.4, -0.2) is 30.9 Å². The Balaban J connectivity index is 1.81. The molecule has 3 aliphatic rings. The highest BCUT2D eigenvalue weighted by Gasteiger charge is 2.65. The van der Waals surface area contributed by atoms with E-state index in [1.54, 1.807) is 6.92 Å². The van der Waals surface area contributed by atoms with Crippen LogP contribution in [0.2, 0.25) is 0 Å². The highest BCUT2D eigenvalue weighted by Crippen LogP contribution is 2.58. The summed E-state index contributed by atoms with van der Waals surface area (Å²) in [6.45, 7) is 1.71. The zero-order valence-corrected chi connectivity index (χ0v) is 14.6. The van der Waals surface area contributed by atoms with Crippen LogP contribution in [0.3, 0.4) is 0 Å². The molecule has 0 unspecified atom stereocenters. The molecule has 9 heteroatoms. The third kappa shape index (κ3) is 2.21. The fraction of sp³-hybridized carbons (Fsp3) is 0.588. The monoisotopic (exact) mass is 386 g/mol. The van der Waals surface area contributed by atoms with Gasteiger partial charge in [0.25, 0.3) is 0 Å². The fourth-order valence-electron chi connectivity index (χ4n) is 5.30. The van der Waals surface area contributed by atoms with E-state index in [2.05, 4.69) is 0 Å². The summed E-state index contributed by atoms with van der Waals surface area (Å²) in [6.07, 6.45) is -4.23. The van der Waals surface area contributed by atoms with Gasteiger partial charge in [-0.3, -0.25) is 4.31 Å². The van der Waals surface area contributed by atoms with Crippen LogP contribution in [0.25, 0.3) is 0 Å². The third-order valence-electron chi connectivity index (χ3n) is 6.19. The van der Waals surface area contributed by atoms with Crippen LogP contribution in [0.15, 0.2) is 18.2 Å². The first-order chi connectivity index (χ1) is 12.1. The first-order valence-corrected chi connectivity index (χ1v) is 9.90. The molecule has 0 radical (unpaired) electrons. The van der Waals surface area contributed by atoms with Gasteiger partial charge in [-0.2, -0.15) is 18.4 Å². The molecule has 5 nitrogen and oxygen atoms in total. The quantitative estimate of drug-likeness (QED) is 0.804. The van der Waals surface area contributed by atoms with Crippen LogP contribution in [0.1, 0.15) is 30.9 Å². The Labute approximate surface area is 149 Å². The third-order valence-corrected chi connectivity index (χ3v) is 8.63. The molecular formula is C17H17F3N2O3S. The number of fused-ring (bicyclic) bond motifs is 5. The summed E-state index contributed by atoms with van der Waals surface area (Å²) in [5.74, 6) is -0.489. The Morgan fingerprint density at radius 2 is 2.00 bits per heavy atom. The Kier molecular flexibility index (Phi) is 3.63. The van der Waals surface area contributed by atoms with Crippen molar-refractivity contribution in [2.45, 2.75) is 43.3 Å². The summed E-state index contributed by atoms with van der Waals surface area (Å²) in [5.41, 5.74) is -1.76. The number of hydrogen-bond acceptors (Lipinski definition) is 4. The number of anilines is 1. The van der Waals surface area contributed by atoms with Crippen molar-refractivity contribution in [2.75, 3.05) is 4.31 Å². The molecule has 1 saturated heterocycles. The fourth-order valence-corrected chi connectivity index (χ4v) is 8.15. The lowest BCUT2D eigenvalue weighted by Crippen LogP contribution is -2.38. The Morgan fingerprint density at radius 3 is 2.62 bits per heavy atom. The highest BCUT2D eigenvalue weighted by molar-refractivity contribution is 7.93. The molecule has 2 saturated carbocycles. The standard InChI is InChI=1S/C17H17F3N2O3S/c1-8-15-10-4-12(14(23)5-10)16(15)26(24,25)22(8)11-3-2-9(7-21)13(6-11)17(18,19)20/h2-3,6,8,10,12,14-16,23H,4-5H2,1H3/t8-,10-,12+,14+,15+,16-/m1/s1. The van der Waals surface area contributed by atoms with E-state index in [0.29, 0.717) is 12.8 Å². The molecule has 2 bridgehead atoms. The smallest absolute Gasteiger partial charge is 0.393 e. The number of nitriles is 1. The molecule has 4 rings (SSSR count). The van der Waals surface area contributed by atoms with Crippen molar-refractivity contribution in [3.63, 3.8) is 0 Å². The van der Waals surface area contributed by atoms with Gasteiger partial charge >= 0.3 is 6.18 Å². The summed E-state index contributed by atoms with van der Waals surface area (Å²) in [6, 6.07) is 4.02. The molecule has 1 aromatic rings. The van der Waals surface area contributed by atoms with Crippen molar-refractivity contribution in [2.24, 2.45) is 17.8 Å². The summed E-state index contributed by atoms with van der Waals surface area (Å²) < 4.78 is 67.0. The van der Waals surface area contributed by atoms with E-state index in [1.165, 1.54) is 12.1 Å². The van der Waals surface area contributed by atoms with Crippen molar-refractivity contribution >= 4 is 15.7 Å². The molecule has 6 atom stereocenters. The number of alkyl halides is 3. The van der Waals surface area contributed by atoms with E-state index in [4.69, 9.17) is 5.26 Å². The second-order valence-corrected chi connectivity index (χ2v) is 9.39. The van der Waals surface area contributed by atoms with E-state index in [9.17, 15) is 26.7 Å². The van der Waals surface area contributed by atoms with Gasteiger partial charge in [-0.05, 0) is 43.9 Å². The molecule has 0 aromatic heterocycles. The van der Waals surface area contributed by atoms with E-state index in [1.807, 2.05) is 0 Å². The van der Waals surface area contributed by atoms with Crippen LogP contribution in [0.5, 0.6) is 0 Å². The zero-order valence-electron chi connectivity index (χ0n) is 13.8. The number of sulfonamides is 1. The van der Waals surface area contributed by atoms with Crippen molar-refractivity contribution in [1.29, 1.82) is 5.26 Å². The largest absolute Gasteiger partial charge is 0.417 e. The normalized spacial score (nSPS) is 37.6. The zero-order chi connectivity index (χ0) is 19.0. The van der Waals surface area contributed by atoms with Crippen molar-refractivity contribution in [3.8, 4) is 6.07 Å². The molecule has 26 heavy (non-hydrogen) atoms. The van der Waals surface area contributed by atoms with E-state index < -0.39 is 44.7 Å². The van der Waals surface area contributed by atoms with Gasteiger partial charge in [-0.15, -0.1) is 0 Å². The Hall–Kier alpha value is -1.79. The van der Waals surface area contributed by atoms with Crippen molar-refractivity contribution in [1.82, 2.24) is 0 Å². The van der Waals surface area contributed by atoms with Crippen LogP contribution in [0.4, 0.5) is 18.9 Å². The lowest BCUT2D eigenvalue weighted by atomic mass is 9.82. The lowest BCUT2D eigenvalue weighted by molar-refractivity contribution is -0.137. The average molecular weight is 386 g/mol. The minimum Gasteiger partial charge on any atom is -0.393 e. The van der Waals surface area contributed by atoms with Gasteiger partial charge in [0.15, 0.2) is 0 Å². The minimum absolute atomic E-state index is 0.0650. The number of hydrogen-bond donors (Lipinski definition) is 1. The Morgan fingerprint density at radius 1 is 1.31 bits per heavy atom. The lowest BCUT2D eigenvalue weighted by Gasteiger charge is -2.28. The highest BCUT2D eigenvalue weighted by atomic mass is 32.2. The topological polar surface area (TPSA) is 81.4 Å². The number of rotatable bonds is 1. The molecule has 140 valence electrons. The van der Waals surface area contributed by atoms with Gasteiger partial charge in [0, 0.05) is 17.9 Å². The summed E-state index contributed by atoms with van der Waals surface area (Å²) in [4.78, 5) is 0. The van der Waals surface area contributed by atoms with Gasteiger partial charge in [-0.25, -0.2) is 8.42 Å². The van der Waals surface area contributed by atoms with Crippen LogP contribution in [0, 0.1) is 29.1 Å². The number of aliphatic hydroxyl groups excluding tert-OH is 1. The van der Waals surface area contributed by atoms with E-state index in [0.717, 1.165) is 16.4 Å². The summed E-state index contributed by atoms with van der Waals surface area (Å²) in [7, 11) is -3.89. The molecule has 1 aromatic carbocycles. The maximum Gasteiger partial charge on any atom is 0.417 e. The van der Waals surface area contributed by atoms with Crippen LogP contribution in [-0.2, 0) is 16.2 Å². The predicted molar refractivity (Wildman–Crippen MR) is 86.5 cm³/mol. The summed E-state index contributed by atoms with van der Waals surface area (Å²) >= 11 is 0. The predicted octanol–water partition coefficient (Wildman–Crippen LogP) is 2.50. The first-order valence-electron chi connectivity index (χ1n) is 8.40. The molecule has 0 spiro atoms.